The molecule has 0 saturated heterocycles. The summed E-state index contributed by atoms with van der Waals surface area (Å²) in [6.45, 7) is 1.69. The van der Waals surface area contributed by atoms with Gasteiger partial charge in [0, 0.05) is 5.56 Å². The SMILES string of the molecule is Cc1cc(C=O)cc(N)c1O. The van der Waals surface area contributed by atoms with Gasteiger partial charge in [0.15, 0.2) is 0 Å². The molecule has 1 rings (SSSR count). The van der Waals surface area contributed by atoms with Crippen molar-refractivity contribution in [1.29, 1.82) is 0 Å². The standard InChI is InChI=1S/C8H9NO2/c1-5-2-6(4-10)3-7(9)8(5)11/h2-4,11H,9H2,1H3. The van der Waals surface area contributed by atoms with Crippen molar-refractivity contribution < 1.29 is 9.90 Å². The van der Waals surface area contributed by atoms with Crippen LogP contribution in [0.15, 0.2) is 12.1 Å². The van der Waals surface area contributed by atoms with Crippen LogP contribution >= 0.6 is 0 Å². The van der Waals surface area contributed by atoms with Gasteiger partial charge in [-0.3, -0.25) is 4.79 Å². The van der Waals surface area contributed by atoms with E-state index in [1.54, 1.807) is 13.0 Å². The average Bonchev–Trinajstić information content (AvgIpc) is 1.99. The fraction of sp³-hybridized carbons (Fsp3) is 0.125. The lowest BCUT2D eigenvalue weighted by Gasteiger charge is -2.02. The smallest absolute Gasteiger partial charge is 0.150 e. The van der Waals surface area contributed by atoms with Crippen LogP contribution in [0.2, 0.25) is 0 Å². The lowest BCUT2D eigenvalue weighted by atomic mass is 10.1. The van der Waals surface area contributed by atoms with Crippen molar-refractivity contribution in [3.63, 3.8) is 0 Å². The first kappa shape index (κ1) is 7.60. The Morgan fingerprint density at radius 3 is 2.64 bits per heavy atom. The molecule has 0 spiro atoms. The van der Waals surface area contributed by atoms with Crippen LogP contribution in [-0.4, -0.2) is 11.4 Å². The van der Waals surface area contributed by atoms with Gasteiger partial charge in [0.2, 0.25) is 0 Å². The van der Waals surface area contributed by atoms with Gasteiger partial charge < -0.3 is 10.8 Å². The van der Waals surface area contributed by atoms with Gasteiger partial charge in [0.1, 0.15) is 12.0 Å². The highest BCUT2D eigenvalue weighted by Gasteiger charge is 2.02. The summed E-state index contributed by atoms with van der Waals surface area (Å²) in [4.78, 5) is 10.3. The van der Waals surface area contributed by atoms with Gasteiger partial charge in [-0.15, -0.1) is 0 Å². The molecule has 0 aliphatic rings. The Hall–Kier alpha value is -1.51. The minimum Gasteiger partial charge on any atom is -0.506 e. The van der Waals surface area contributed by atoms with Crippen LogP contribution in [0.1, 0.15) is 15.9 Å². The molecule has 3 heteroatoms. The van der Waals surface area contributed by atoms with E-state index in [9.17, 15) is 9.90 Å². The summed E-state index contributed by atoms with van der Waals surface area (Å²) >= 11 is 0. The van der Waals surface area contributed by atoms with E-state index < -0.39 is 0 Å². The van der Waals surface area contributed by atoms with Crippen LogP contribution in [0.4, 0.5) is 5.69 Å². The molecule has 0 aliphatic carbocycles. The Kier molecular flexibility index (Phi) is 1.81. The first-order chi connectivity index (χ1) is 5.15. The maximum atomic E-state index is 10.3. The van der Waals surface area contributed by atoms with Gasteiger partial charge in [0.05, 0.1) is 5.69 Å². The minimum absolute atomic E-state index is 0.0515. The second kappa shape index (κ2) is 2.62. The first-order valence-electron chi connectivity index (χ1n) is 3.19. The second-order valence-electron chi connectivity index (χ2n) is 2.39. The van der Waals surface area contributed by atoms with Crippen molar-refractivity contribution in [2.45, 2.75) is 6.92 Å². The van der Waals surface area contributed by atoms with Crippen molar-refractivity contribution >= 4 is 12.0 Å². The Morgan fingerprint density at radius 2 is 2.18 bits per heavy atom. The van der Waals surface area contributed by atoms with Crippen molar-refractivity contribution in [3.05, 3.63) is 23.3 Å². The molecule has 0 radical (unpaired) electrons. The zero-order valence-corrected chi connectivity index (χ0v) is 6.16. The number of aryl methyl sites for hydroxylation is 1. The molecule has 1 aromatic carbocycles. The van der Waals surface area contributed by atoms with Crippen LogP contribution < -0.4 is 5.73 Å². The van der Waals surface area contributed by atoms with Gasteiger partial charge in [-0.1, -0.05) is 0 Å². The zero-order valence-electron chi connectivity index (χ0n) is 6.16. The molecule has 3 nitrogen and oxygen atoms in total. The first-order valence-corrected chi connectivity index (χ1v) is 3.19. The molecular formula is C8H9NO2. The Balaban J connectivity index is 3.31. The van der Waals surface area contributed by atoms with Crippen LogP contribution in [0.25, 0.3) is 0 Å². The molecule has 58 valence electrons. The number of rotatable bonds is 1. The number of aromatic hydroxyl groups is 1. The molecule has 0 bridgehead atoms. The number of anilines is 1. The van der Waals surface area contributed by atoms with Crippen molar-refractivity contribution in [2.24, 2.45) is 0 Å². The summed E-state index contributed by atoms with van der Waals surface area (Å²) in [6, 6.07) is 3.02. The van der Waals surface area contributed by atoms with E-state index in [2.05, 4.69) is 0 Å². The molecule has 0 fully saturated rings. The highest BCUT2D eigenvalue weighted by Crippen LogP contribution is 2.24. The normalized spacial score (nSPS) is 9.55. The molecule has 11 heavy (non-hydrogen) atoms. The number of nitrogens with two attached hydrogens (primary N) is 1. The van der Waals surface area contributed by atoms with E-state index in [4.69, 9.17) is 5.73 Å². The van der Waals surface area contributed by atoms with E-state index in [0.717, 1.165) is 0 Å². The van der Waals surface area contributed by atoms with E-state index in [-0.39, 0.29) is 11.4 Å². The maximum Gasteiger partial charge on any atom is 0.150 e. The quantitative estimate of drug-likeness (QED) is 0.359. The number of hydrogen-bond acceptors (Lipinski definition) is 3. The minimum atomic E-state index is 0.0515. The number of carbonyl (C=O) groups excluding carboxylic acids is 1. The van der Waals surface area contributed by atoms with Gasteiger partial charge in [-0.05, 0) is 24.6 Å². The molecule has 3 N–H and O–H groups in total. The van der Waals surface area contributed by atoms with Gasteiger partial charge in [0.25, 0.3) is 0 Å². The molecule has 0 aromatic heterocycles. The summed E-state index contributed by atoms with van der Waals surface area (Å²) in [6.07, 6.45) is 0.697. The van der Waals surface area contributed by atoms with E-state index >= 15 is 0 Å². The summed E-state index contributed by atoms with van der Waals surface area (Å²) in [5.74, 6) is 0.0515. The van der Waals surface area contributed by atoms with Crippen LogP contribution in [0, 0.1) is 6.92 Å². The van der Waals surface area contributed by atoms with Gasteiger partial charge >= 0.3 is 0 Å². The lowest BCUT2D eigenvalue weighted by Crippen LogP contribution is -1.90. The predicted molar refractivity (Wildman–Crippen MR) is 42.6 cm³/mol. The summed E-state index contributed by atoms with van der Waals surface area (Å²) in [5.41, 5.74) is 6.73. The number of phenolic OH excluding ortho intramolecular Hbond substituents is 1. The van der Waals surface area contributed by atoms with E-state index in [1.165, 1.54) is 6.07 Å². The predicted octanol–water partition coefficient (Wildman–Crippen LogP) is 1.10. The number of aldehydes is 1. The topological polar surface area (TPSA) is 63.3 Å². The monoisotopic (exact) mass is 151 g/mol. The molecular weight excluding hydrogens is 142 g/mol. The lowest BCUT2D eigenvalue weighted by molar-refractivity contribution is 0.112. The Bertz CT molecular complexity index is 271. The summed E-state index contributed by atoms with van der Waals surface area (Å²) in [5, 5.41) is 9.19. The highest BCUT2D eigenvalue weighted by molar-refractivity contribution is 5.79. The zero-order chi connectivity index (χ0) is 8.43. The third-order valence-corrected chi connectivity index (χ3v) is 1.49. The number of benzene rings is 1. The third-order valence-electron chi connectivity index (χ3n) is 1.49. The van der Waals surface area contributed by atoms with Crippen LogP contribution in [0.3, 0.4) is 0 Å². The maximum absolute atomic E-state index is 10.3. The number of nitrogen functional groups attached to an aromatic ring is 1. The van der Waals surface area contributed by atoms with Crippen LogP contribution in [-0.2, 0) is 0 Å². The largest absolute Gasteiger partial charge is 0.506 e. The highest BCUT2D eigenvalue weighted by atomic mass is 16.3. The fourth-order valence-electron chi connectivity index (χ4n) is 0.904. The molecule has 0 heterocycles. The molecule has 0 unspecified atom stereocenters. The molecule has 0 amide bonds. The summed E-state index contributed by atoms with van der Waals surface area (Å²) < 4.78 is 0. The Morgan fingerprint density at radius 1 is 1.55 bits per heavy atom. The molecule has 0 aliphatic heterocycles. The second-order valence-corrected chi connectivity index (χ2v) is 2.39. The van der Waals surface area contributed by atoms with E-state index in [0.29, 0.717) is 17.4 Å². The van der Waals surface area contributed by atoms with Crippen molar-refractivity contribution in [1.82, 2.24) is 0 Å². The number of phenols is 1. The van der Waals surface area contributed by atoms with Crippen molar-refractivity contribution in [3.8, 4) is 5.75 Å². The van der Waals surface area contributed by atoms with Crippen LogP contribution in [0.5, 0.6) is 5.75 Å². The number of carbonyl (C=O) groups is 1. The Labute approximate surface area is 64.5 Å². The molecule has 0 atom stereocenters. The molecule has 1 aromatic rings. The third kappa shape index (κ3) is 1.32. The van der Waals surface area contributed by atoms with Crippen molar-refractivity contribution in [2.75, 3.05) is 5.73 Å². The number of hydrogen-bond donors (Lipinski definition) is 2. The van der Waals surface area contributed by atoms with Gasteiger partial charge in [-0.25, -0.2) is 0 Å². The fourth-order valence-corrected chi connectivity index (χ4v) is 0.904. The average molecular weight is 151 g/mol. The molecule has 0 saturated carbocycles. The van der Waals surface area contributed by atoms with E-state index in [1.807, 2.05) is 0 Å². The van der Waals surface area contributed by atoms with Gasteiger partial charge in [-0.2, -0.15) is 0 Å². The summed E-state index contributed by atoms with van der Waals surface area (Å²) in [7, 11) is 0.